The summed E-state index contributed by atoms with van der Waals surface area (Å²) in [7, 11) is 1.72. The Kier molecular flexibility index (Phi) is 2.67. The molecule has 20 heavy (non-hydrogen) atoms. The molecule has 1 fully saturated rings. The van der Waals surface area contributed by atoms with Crippen LogP contribution in [-0.4, -0.2) is 18.3 Å². The average Bonchev–Trinajstić information content (AvgIpc) is 2.96. The molecule has 0 unspecified atom stereocenters. The van der Waals surface area contributed by atoms with Crippen LogP contribution in [0, 0.1) is 5.41 Å². The normalized spacial score (nSPS) is 32.1. The molecule has 1 aromatic carbocycles. The first-order valence-corrected chi connectivity index (χ1v) is 8.22. The van der Waals surface area contributed by atoms with Crippen LogP contribution in [0.1, 0.15) is 42.5 Å². The van der Waals surface area contributed by atoms with Crippen molar-refractivity contribution in [3.05, 3.63) is 28.6 Å². The zero-order chi connectivity index (χ0) is 13.9. The molecule has 0 bridgehead atoms. The first-order valence-electron chi connectivity index (χ1n) is 7.41. The van der Waals surface area contributed by atoms with Gasteiger partial charge in [-0.15, -0.1) is 11.3 Å². The number of rotatable bonds is 1. The van der Waals surface area contributed by atoms with Crippen LogP contribution in [0.3, 0.4) is 0 Å². The van der Waals surface area contributed by atoms with Gasteiger partial charge in [0.1, 0.15) is 5.75 Å². The van der Waals surface area contributed by atoms with Gasteiger partial charge in [-0.05, 0) is 54.8 Å². The molecule has 0 radical (unpaired) electrons. The molecule has 1 heterocycles. The molecular formula is C17H20O2S. The van der Waals surface area contributed by atoms with E-state index >= 15 is 0 Å². The highest BCUT2D eigenvalue weighted by atomic mass is 32.1. The number of aryl methyl sites for hydroxylation is 1. The second kappa shape index (κ2) is 4.22. The van der Waals surface area contributed by atoms with Gasteiger partial charge in [0, 0.05) is 20.9 Å². The van der Waals surface area contributed by atoms with Crippen LogP contribution in [0.5, 0.6) is 5.75 Å². The highest BCUT2D eigenvalue weighted by Crippen LogP contribution is 2.58. The minimum Gasteiger partial charge on any atom is -0.497 e. The second-order valence-corrected chi connectivity index (χ2v) is 7.54. The molecule has 106 valence electrons. The van der Waals surface area contributed by atoms with E-state index in [1.807, 2.05) is 11.3 Å². The molecule has 0 aliphatic heterocycles. The van der Waals surface area contributed by atoms with Gasteiger partial charge in [0.25, 0.3) is 0 Å². The summed E-state index contributed by atoms with van der Waals surface area (Å²) in [5.41, 5.74) is 1.63. The number of ether oxygens (including phenoxy) is 1. The average molecular weight is 288 g/mol. The quantitative estimate of drug-likeness (QED) is 0.856. The molecule has 2 nitrogen and oxygen atoms in total. The highest BCUT2D eigenvalue weighted by molar-refractivity contribution is 7.19. The summed E-state index contributed by atoms with van der Waals surface area (Å²) in [6.45, 7) is 2.28. The van der Waals surface area contributed by atoms with Crippen LogP contribution < -0.4 is 4.74 Å². The number of fused-ring (bicyclic) bond motifs is 5. The Morgan fingerprint density at radius 3 is 3.00 bits per heavy atom. The van der Waals surface area contributed by atoms with Gasteiger partial charge in [-0.25, -0.2) is 0 Å². The summed E-state index contributed by atoms with van der Waals surface area (Å²) in [6, 6.07) is 6.42. The van der Waals surface area contributed by atoms with Crippen molar-refractivity contribution in [2.45, 2.75) is 44.6 Å². The van der Waals surface area contributed by atoms with Gasteiger partial charge < -0.3 is 9.84 Å². The maximum atomic E-state index is 10.4. The lowest BCUT2D eigenvalue weighted by Crippen LogP contribution is -2.34. The molecule has 2 aromatic rings. The Morgan fingerprint density at radius 2 is 2.20 bits per heavy atom. The van der Waals surface area contributed by atoms with Gasteiger partial charge in [0.2, 0.25) is 0 Å². The zero-order valence-corrected chi connectivity index (χ0v) is 12.8. The molecule has 1 aromatic heterocycles. The fraction of sp³-hybridized carbons (Fsp3) is 0.529. The number of thiophene rings is 1. The second-order valence-electron chi connectivity index (χ2n) is 6.46. The Bertz CT molecular complexity index is 675. The molecule has 2 aliphatic carbocycles. The van der Waals surface area contributed by atoms with Gasteiger partial charge in [-0.3, -0.25) is 0 Å². The van der Waals surface area contributed by atoms with E-state index in [1.165, 1.54) is 20.5 Å². The lowest BCUT2D eigenvalue weighted by atomic mass is 9.69. The molecule has 0 saturated heterocycles. The standard InChI is InChI=1S/C17H20O2S/c1-17-8-7-12-11-4-3-10(19-2)9-14(11)20-16(12)13(17)5-6-15(17)18/h3-4,9,13,15,18H,5-8H2,1-2H3/t13-,15+,17-/m1/s1. The van der Waals surface area contributed by atoms with Gasteiger partial charge >= 0.3 is 0 Å². The lowest BCUT2D eigenvalue weighted by molar-refractivity contribution is 0.0467. The van der Waals surface area contributed by atoms with E-state index in [9.17, 15) is 5.11 Å². The predicted octanol–water partition coefficient (Wildman–Crippen LogP) is 4.10. The van der Waals surface area contributed by atoms with Gasteiger partial charge in [0.15, 0.2) is 0 Å². The van der Waals surface area contributed by atoms with Crippen LogP contribution in [0.4, 0.5) is 0 Å². The van der Waals surface area contributed by atoms with Gasteiger partial charge in [-0.2, -0.15) is 0 Å². The fourth-order valence-corrected chi connectivity index (χ4v) is 5.78. The summed E-state index contributed by atoms with van der Waals surface area (Å²) < 4.78 is 6.68. The smallest absolute Gasteiger partial charge is 0.120 e. The summed E-state index contributed by atoms with van der Waals surface area (Å²) in [4.78, 5) is 1.53. The van der Waals surface area contributed by atoms with Crippen LogP contribution in [0.15, 0.2) is 18.2 Å². The Balaban J connectivity index is 1.89. The molecule has 1 N–H and O–H groups in total. The molecule has 3 atom stereocenters. The molecular weight excluding hydrogens is 268 g/mol. The number of aliphatic hydroxyl groups is 1. The number of hydrogen-bond donors (Lipinski definition) is 1. The van der Waals surface area contributed by atoms with Crippen molar-refractivity contribution in [2.75, 3.05) is 7.11 Å². The van der Waals surface area contributed by atoms with Crippen molar-refractivity contribution in [3.8, 4) is 5.75 Å². The molecule has 1 saturated carbocycles. The third-order valence-electron chi connectivity index (χ3n) is 5.55. The summed E-state index contributed by atoms with van der Waals surface area (Å²) in [5.74, 6) is 1.48. The minimum atomic E-state index is -0.125. The van der Waals surface area contributed by atoms with E-state index in [4.69, 9.17) is 4.74 Å². The van der Waals surface area contributed by atoms with Crippen molar-refractivity contribution in [2.24, 2.45) is 5.41 Å². The van der Waals surface area contributed by atoms with Gasteiger partial charge in [-0.1, -0.05) is 6.92 Å². The van der Waals surface area contributed by atoms with Crippen molar-refractivity contribution in [3.63, 3.8) is 0 Å². The third-order valence-corrected chi connectivity index (χ3v) is 6.86. The maximum Gasteiger partial charge on any atom is 0.120 e. The lowest BCUT2D eigenvalue weighted by Gasteiger charge is -2.38. The first-order chi connectivity index (χ1) is 9.63. The van der Waals surface area contributed by atoms with Crippen molar-refractivity contribution in [1.29, 1.82) is 0 Å². The Hall–Kier alpha value is -1.06. The van der Waals surface area contributed by atoms with E-state index in [1.54, 1.807) is 7.11 Å². The number of aliphatic hydroxyl groups excluding tert-OH is 1. The fourth-order valence-electron chi connectivity index (χ4n) is 4.20. The van der Waals surface area contributed by atoms with Crippen LogP contribution >= 0.6 is 11.3 Å². The first kappa shape index (κ1) is 12.7. The third kappa shape index (κ3) is 1.54. The molecule has 2 aliphatic rings. The number of hydrogen-bond acceptors (Lipinski definition) is 3. The highest BCUT2D eigenvalue weighted by Gasteiger charge is 2.49. The van der Waals surface area contributed by atoms with E-state index in [0.717, 1.165) is 31.4 Å². The molecule has 4 rings (SSSR count). The van der Waals surface area contributed by atoms with E-state index in [-0.39, 0.29) is 11.5 Å². The van der Waals surface area contributed by atoms with Crippen molar-refractivity contribution < 1.29 is 9.84 Å². The predicted molar refractivity (Wildman–Crippen MR) is 82.8 cm³/mol. The van der Waals surface area contributed by atoms with Crippen molar-refractivity contribution in [1.82, 2.24) is 0 Å². The minimum absolute atomic E-state index is 0.0952. The Labute approximate surface area is 123 Å². The van der Waals surface area contributed by atoms with E-state index < -0.39 is 0 Å². The largest absolute Gasteiger partial charge is 0.497 e. The van der Waals surface area contributed by atoms with Crippen LogP contribution in [0.2, 0.25) is 0 Å². The van der Waals surface area contributed by atoms with Crippen LogP contribution in [-0.2, 0) is 6.42 Å². The molecule has 0 spiro atoms. The molecule has 0 amide bonds. The number of methoxy groups -OCH3 is 1. The summed E-state index contributed by atoms with van der Waals surface area (Å²) in [6.07, 6.45) is 4.18. The van der Waals surface area contributed by atoms with E-state index in [2.05, 4.69) is 25.1 Å². The van der Waals surface area contributed by atoms with E-state index in [0.29, 0.717) is 5.92 Å². The maximum absolute atomic E-state index is 10.4. The Morgan fingerprint density at radius 1 is 1.35 bits per heavy atom. The zero-order valence-electron chi connectivity index (χ0n) is 12.0. The monoisotopic (exact) mass is 288 g/mol. The summed E-state index contributed by atoms with van der Waals surface area (Å²) >= 11 is 1.92. The summed E-state index contributed by atoms with van der Waals surface area (Å²) in [5, 5.41) is 11.7. The molecule has 3 heteroatoms. The van der Waals surface area contributed by atoms with Crippen molar-refractivity contribution >= 4 is 21.4 Å². The van der Waals surface area contributed by atoms with Gasteiger partial charge in [0.05, 0.1) is 13.2 Å². The topological polar surface area (TPSA) is 29.5 Å². The SMILES string of the molecule is COc1ccc2c3c(sc2c1)[C@H]1CC[C@H](O)[C@]1(C)CC3. The number of benzene rings is 1. The van der Waals surface area contributed by atoms with Crippen LogP contribution in [0.25, 0.3) is 10.1 Å².